The topological polar surface area (TPSA) is 125 Å². The fourth-order valence-corrected chi connectivity index (χ4v) is 2.54. The van der Waals surface area contributed by atoms with Gasteiger partial charge in [0.2, 0.25) is 5.91 Å². The Labute approximate surface area is 127 Å². The van der Waals surface area contributed by atoms with Gasteiger partial charge in [-0.2, -0.15) is 5.26 Å². The summed E-state index contributed by atoms with van der Waals surface area (Å²) in [5.74, 6) is -0.339. The number of amides is 1. The highest BCUT2D eigenvalue weighted by atomic mass is 16.6. The lowest BCUT2D eigenvalue weighted by Gasteiger charge is -2.32. The highest BCUT2D eigenvalue weighted by Crippen LogP contribution is 2.24. The van der Waals surface area contributed by atoms with Crippen LogP contribution in [0.15, 0.2) is 18.2 Å². The maximum atomic E-state index is 10.9. The van der Waals surface area contributed by atoms with Crippen LogP contribution in [-0.4, -0.2) is 41.4 Å². The van der Waals surface area contributed by atoms with Crippen LogP contribution in [0.5, 0.6) is 0 Å². The summed E-state index contributed by atoms with van der Waals surface area (Å²) >= 11 is 0. The van der Waals surface area contributed by atoms with E-state index in [1.807, 2.05) is 11.0 Å². The van der Waals surface area contributed by atoms with Gasteiger partial charge in [-0.15, -0.1) is 0 Å². The van der Waals surface area contributed by atoms with Crippen LogP contribution in [0.3, 0.4) is 0 Å². The Bertz CT molecular complexity index is 617. The van der Waals surface area contributed by atoms with E-state index in [9.17, 15) is 14.9 Å². The average Bonchev–Trinajstić information content (AvgIpc) is 2.49. The Hall–Kier alpha value is -2.66. The number of nitrogens with two attached hydrogens (primary N) is 1. The number of non-ortho nitro benzene ring substituents is 1. The minimum absolute atomic E-state index is 0.0987. The van der Waals surface area contributed by atoms with E-state index in [-0.39, 0.29) is 29.7 Å². The van der Waals surface area contributed by atoms with Crippen LogP contribution in [0.4, 0.5) is 11.4 Å². The van der Waals surface area contributed by atoms with E-state index in [1.165, 1.54) is 12.1 Å². The van der Waals surface area contributed by atoms with Crippen molar-refractivity contribution in [3.8, 4) is 6.07 Å². The molecule has 1 heterocycles. The lowest BCUT2D eigenvalue weighted by atomic mass is 10.0. The number of carbonyl (C=O) groups excluding carboxylic acids is 1. The van der Waals surface area contributed by atoms with Gasteiger partial charge in [-0.25, -0.2) is 0 Å². The molecule has 22 heavy (non-hydrogen) atoms. The molecule has 1 saturated heterocycles. The zero-order valence-corrected chi connectivity index (χ0v) is 12.0. The summed E-state index contributed by atoms with van der Waals surface area (Å²) < 4.78 is 0. The molecule has 1 amide bonds. The third-order valence-electron chi connectivity index (χ3n) is 3.66. The molecular weight excluding hydrogens is 286 g/mol. The lowest BCUT2D eigenvalue weighted by molar-refractivity contribution is -0.384. The van der Waals surface area contributed by atoms with Gasteiger partial charge in [0.1, 0.15) is 6.07 Å². The fourth-order valence-electron chi connectivity index (χ4n) is 2.54. The number of nitro groups is 1. The Morgan fingerprint density at radius 2 is 2.18 bits per heavy atom. The average molecular weight is 303 g/mol. The first kappa shape index (κ1) is 15.7. The SMILES string of the molecule is N#Cc1cc([N+](=O)[O-])ccc1NC1CCN(CC(N)=O)CC1. The maximum Gasteiger partial charge on any atom is 0.270 e. The molecular formula is C14H17N5O3. The monoisotopic (exact) mass is 303 g/mol. The van der Waals surface area contributed by atoms with Crippen LogP contribution < -0.4 is 11.1 Å². The van der Waals surface area contributed by atoms with Crippen LogP contribution in [0.25, 0.3) is 0 Å². The van der Waals surface area contributed by atoms with Gasteiger partial charge in [0.15, 0.2) is 0 Å². The van der Waals surface area contributed by atoms with Crippen molar-refractivity contribution in [1.82, 2.24) is 4.90 Å². The molecule has 116 valence electrons. The van der Waals surface area contributed by atoms with Crippen molar-refractivity contribution < 1.29 is 9.72 Å². The van der Waals surface area contributed by atoms with E-state index in [2.05, 4.69) is 5.32 Å². The van der Waals surface area contributed by atoms with E-state index < -0.39 is 4.92 Å². The van der Waals surface area contributed by atoms with E-state index in [4.69, 9.17) is 11.0 Å². The number of benzene rings is 1. The number of rotatable bonds is 5. The van der Waals surface area contributed by atoms with Gasteiger partial charge in [-0.05, 0) is 18.9 Å². The molecule has 3 N–H and O–H groups in total. The van der Waals surface area contributed by atoms with Gasteiger partial charge in [0.25, 0.3) is 5.69 Å². The van der Waals surface area contributed by atoms with Crippen molar-refractivity contribution in [2.75, 3.05) is 25.0 Å². The molecule has 0 atom stereocenters. The molecule has 8 heteroatoms. The predicted molar refractivity (Wildman–Crippen MR) is 80.1 cm³/mol. The lowest BCUT2D eigenvalue weighted by Crippen LogP contribution is -2.43. The number of piperidine rings is 1. The highest BCUT2D eigenvalue weighted by Gasteiger charge is 2.21. The zero-order valence-electron chi connectivity index (χ0n) is 12.0. The van der Waals surface area contributed by atoms with Crippen molar-refractivity contribution in [2.45, 2.75) is 18.9 Å². The third-order valence-corrected chi connectivity index (χ3v) is 3.66. The van der Waals surface area contributed by atoms with Crippen LogP contribution in [0.1, 0.15) is 18.4 Å². The molecule has 0 aliphatic carbocycles. The minimum Gasteiger partial charge on any atom is -0.381 e. The molecule has 0 saturated carbocycles. The van der Waals surface area contributed by atoms with E-state index in [0.717, 1.165) is 25.9 Å². The molecule has 0 spiro atoms. The smallest absolute Gasteiger partial charge is 0.270 e. The number of likely N-dealkylation sites (tertiary alicyclic amines) is 1. The number of hydrogen-bond acceptors (Lipinski definition) is 6. The number of hydrogen-bond donors (Lipinski definition) is 2. The normalized spacial score (nSPS) is 16.0. The van der Waals surface area contributed by atoms with E-state index in [1.54, 1.807) is 6.07 Å². The van der Waals surface area contributed by atoms with Gasteiger partial charge in [0.05, 0.1) is 22.7 Å². The summed E-state index contributed by atoms with van der Waals surface area (Å²) in [6.07, 6.45) is 1.63. The van der Waals surface area contributed by atoms with Crippen molar-refractivity contribution in [2.24, 2.45) is 5.73 Å². The second-order valence-electron chi connectivity index (χ2n) is 5.26. The summed E-state index contributed by atoms with van der Waals surface area (Å²) in [7, 11) is 0. The first-order chi connectivity index (χ1) is 10.5. The molecule has 0 radical (unpaired) electrons. The van der Waals surface area contributed by atoms with Crippen molar-refractivity contribution in [3.05, 3.63) is 33.9 Å². The summed E-state index contributed by atoms with van der Waals surface area (Å²) in [4.78, 5) is 23.1. The zero-order chi connectivity index (χ0) is 16.1. The number of nitrogens with one attached hydrogen (secondary N) is 1. The number of carbonyl (C=O) groups is 1. The second kappa shape index (κ2) is 6.87. The molecule has 1 fully saturated rings. The quantitative estimate of drug-likeness (QED) is 0.613. The summed E-state index contributed by atoms with van der Waals surface area (Å²) in [6, 6.07) is 6.35. The van der Waals surface area contributed by atoms with Crippen LogP contribution >= 0.6 is 0 Å². The third kappa shape index (κ3) is 3.93. The molecule has 1 aromatic carbocycles. The highest BCUT2D eigenvalue weighted by molar-refractivity contribution is 5.75. The van der Waals surface area contributed by atoms with Gasteiger partial charge in [-0.1, -0.05) is 0 Å². The molecule has 1 aliphatic rings. The Balaban J connectivity index is 1.99. The maximum absolute atomic E-state index is 10.9. The first-order valence-electron chi connectivity index (χ1n) is 6.95. The predicted octanol–water partition coefficient (Wildman–Crippen LogP) is 0.828. The minimum atomic E-state index is -0.521. The number of primary amides is 1. The molecule has 8 nitrogen and oxygen atoms in total. The fraction of sp³-hybridized carbons (Fsp3) is 0.429. The molecule has 1 aromatic rings. The van der Waals surface area contributed by atoms with Crippen molar-refractivity contribution in [1.29, 1.82) is 5.26 Å². The molecule has 0 aromatic heterocycles. The number of anilines is 1. The van der Waals surface area contributed by atoms with Gasteiger partial charge in [0, 0.05) is 31.3 Å². The Kier molecular flexibility index (Phi) is 4.91. The largest absolute Gasteiger partial charge is 0.381 e. The number of nitrogens with zero attached hydrogens (tertiary/aromatic N) is 3. The van der Waals surface area contributed by atoms with Gasteiger partial charge >= 0.3 is 0 Å². The number of nitriles is 1. The molecule has 0 bridgehead atoms. The van der Waals surface area contributed by atoms with E-state index >= 15 is 0 Å². The van der Waals surface area contributed by atoms with Gasteiger partial charge < -0.3 is 11.1 Å². The number of nitro benzene ring substituents is 1. The van der Waals surface area contributed by atoms with Crippen LogP contribution in [0.2, 0.25) is 0 Å². The van der Waals surface area contributed by atoms with Crippen molar-refractivity contribution in [3.63, 3.8) is 0 Å². The molecule has 1 aliphatic heterocycles. The van der Waals surface area contributed by atoms with Crippen molar-refractivity contribution >= 4 is 17.3 Å². The standard InChI is InChI=1S/C14H17N5O3/c15-8-10-7-12(19(21)22)1-2-13(10)17-11-3-5-18(6-4-11)9-14(16)20/h1-2,7,11,17H,3-6,9H2,(H2,16,20). The first-order valence-corrected chi connectivity index (χ1v) is 6.95. The molecule has 2 rings (SSSR count). The second-order valence-corrected chi connectivity index (χ2v) is 5.26. The summed E-state index contributed by atoms with van der Waals surface area (Å²) in [6.45, 7) is 1.75. The van der Waals surface area contributed by atoms with Gasteiger partial charge in [-0.3, -0.25) is 19.8 Å². The summed E-state index contributed by atoms with van der Waals surface area (Å²) in [5.41, 5.74) is 5.93. The molecule has 0 unspecified atom stereocenters. The van der Waals surface area contributed by atoms with E-state index in [0.29, 0.717) is 5.69 Å². The Morgan fingerprint density at radius 3 is 2.73 bits per heavy atom. The van der Waals surface area contributed by atoms with Crippen LogP contribution in [-0.2, 0) is 4.79 Å². The van der Waals surface area contributed by atoms with Crippen LogP contribution in [0, 0.1) is 21.4 Å². The Morgan fingerprint density at radius 1 is 1.50 bits per heavy atom. The summed E-state index contributed by atoms with van der Waals surface area (Å²) in [5, 5.41) is 23.1.